The highest BCUT2D eigenvalue weighted by Gasteiger charge is 2.20. The predicted molar refractivity (Wildman–Crippen MR) is 174 cm³/mol. The second-order valence-corrected chi connectivity index (χ2v) is 11.9. The maximum absolute atomic E-state index is 13.5. The monoisotopic (exact) mass is 766 g/mol. The minimum atomic E-state index is -0.351. The van der Waals surface area contributed by atoms with E-state index in [2.05, 4.69) is 58.2 Å². The van der Waals surface area contributed by atoms with Gasteiger partial charge in [0.1, 0.15) is 5.82 Å². The first kappa shape index (κ1) is 31.2. The Labute approximate surface area is 267 Å². The van der Waals surface area contributed by atoms with Gasteiger partial charge in [-0.1, -0.05) is 41.4 Å². The summed E-state index contributed by atoms with van der Waals surface area (Å²) in [6, 6.07) is 13.9. The number of nitrogens with zero attached hydrogens (tertiary/aromatic N) is 3. The van der Waals surface area contributed by atoms with E-state index in [1.54, 1.807) is 42.6 Å². The summed E-state index contributed by atoms with van der Waals surface area (Å²) in [5.74, 6) is 0.957. The van der Waals surface area contributed by atoms with E-state index in [0.29, 0.717) is 60.1 Å². The quantitative estimate of drug-likeness (QED) is 0.165. The molecule has 214 valence electrons. The van der Waals surface area contributed by atoms with Gasteiger partial charge in [-0.3, -0.25) is 9.59 Å². The molecule has 0 radical (unpaired) electrons. The lowest BCUT2D eigenvalue weighted by Gasteiger charge is -2.17. The molecule has 0 saturated heterocycles. The van der Waals surface area contributed by atoms with Gasteiger partial charge in [-0.2, -0.15) is 9.78 Å². The normalized spacial score (nSPS) is 12.1. The highest BCUT2D eigenvalue weighted by Crippen LogP contribution is 2.42. The van der Waals surface area contributed by atoms with Crippen molar-refractivity contribution >= 4 is 88.1 Å². The number of fused-ring (bicyclic) bond motifs is 1. The van der Waals surface area contributed by atoms with Crippen LogP contribution in [0.3, 0.4) is 0 Å². The van der Waals surface area contributed by atoms with Gasteiger partial charge in [0.25, 0.3) is 11.5 Å². The molecule has 1 amide bonds. The minimum Gasteiger partial charge on any atom is -0.490 e. The van der Waals surface area contributed by atoms with Crippen molar-refractivity contribution in [1.29, 1.82) is 0 Å². The van der Waals surface area contributed by atoms with Crippen LogP contribution in [0.15, 0.2) is 71.8 Å². The predicted octanol–water partition coefficient (Wildman–Crippen LogP) is 8.15. The van der Waals surface area contributed by atoms with Crippen LogP contribution in [-0.2, 0) is 4.79 Å². The van der Waals surface area contributed by atoms with E-state index in [4.69, 9.17) is 26.1 Å². The minimum absolute atomic E-state index is 0.00291. The number of carbonyl (C=O) groups excluding carboxylic acids is 1. The summed E-state index contributed by atoms with van der Waals surface area (Å²) in [5.41, 5.74) is 1.57. The van der Waals surface area contributed by atoms with Gasteiger partial charge in [-0.15, -0.1) is 0 Å². The highest BCUT2D eigenvalue weighted by molar-refractivity contribution is 9.13. The van der Waals surface area contributed by atoms with E-state index in [1.807, 2.05) is 32.9 Å². The average molecular weight is 770 g/mol. The van der Waals surface area contributed by atoms with Crippen molar-refractivity contribution in [3.63, 3.8) is 0 Å². The van der Waals surface area contributed by atoms with E-state index >= 15 is 0 Å². The van der Waals surface area contributed by atoms with Crippen molar-refractivity contribution in [1.82, 2.24) is 9.66 Å². The number of halogens is 4. The molecular formula is C29H26Br3ClN4O4. The zero-order valence-corrected chi connectivity index (χ0v) is 27.9. The molecule has 1 N–H and O–H groups in total. The summed E-state index contributed by atoms with van der Waals surface area (Å²) in [7, 11) is 0. The van der Waals surface area contributed by atoms with Crippen molar-refractivity contribution in [3.8, 4) is 11.5 Å². The molecule has 0 aliphatic heterocycles. The number of anilines is 1. The Morgan fingerprint density at radius 2 is 1.83 bits per heavy atom. The van der Waals surface area contributed by atoms with Gasteiger partial charge in [0, 0.05) is 31.1 Å². The molecule has 8 nitrogen and oxygen atoms in total. The number of amides is 1. The molecule has 41 heavy (non-hydrogen) atoms. The molecule has 4 aromatic rings. The summed E-state index contributed by atoms with van der Waals surface area (Å²) < 4.78 is 15.0. The second-order valence-electron chi connectivity index (χ2n) is 9.00. The largest absolute Gasteiger partial charge is 0.490 e. The van der Waals surface area contributed by atoms with Crippen molar-refractivity contribution < 1.29 is 14.3 Å². The number of hydrogen-bond acceptors (Lipinski definition) is 6. The van der Waals surface area contributed by atoms with Crippen molar-refractivity contribution in [2.24, 2.45) is 5.10 Å². The van der Waals surface area contributed by atoms with Gasteiger partial charge in [-0.25, -0.2) is 4.98 Å². The molecule has 0 spiro atoms. The summed E-state index contributed by atoms with van der Waals surface area (Å²) in [6.45, 7) is 5.99. The van der Waals surface area contributed by atoms with Gasteiger partial charge >= 0.3 is 0 Å². The molecule has 3 aromatic carbocycles. The molecule has 0 aliphatic carbocycles. The van der Waals surface area contributed by atoms with Gasteiger partial charge in [-0.05, 0) is 93.7 Å². The molecule has 0 bridgehead atoms. The van der Waals surface area contributed by atoms with Crippen molar-refractivity contribution in [2.75, 3.05) is 18.5 Å². The molecule has 1 heterocycles. The zero-order valence-electron chi connectivity index (χ0n) is 22.4. The van der Waals surface area contributed by atoms with Crippen LogP contribution in [0.4, 0.5) is 5.69 Å². The van der Waals surface area contributed by atoms with Crippen molar-refractivity contribution in [3.05, 3.63) is 88.7 Å². The molecule has 0 unspecified atom stereocenters. The lowest BCUT2D eigenvalue weighted by atomic mass is 10.1. The zero-order chi connectivity index (χ0) is 29.7. The summed E-state index contributed by atoms with van der Waals surface area (Å²) in [5, 5.41) is 8.36. The molecule has 1 aromatic heterocycles. The van der Waals surface area contributed by atoms with Crippen LogP contribution in [0.25, 0.3) is 10.9 Å². The number of nitrogens with one attached hydrogen (secondary N) is 1. The summed E-state index contributed by atoms with van der Waals surface area (Å²) in [4.78, 5) is 30.8. The molecule has 12 heteroatoms. The third kappa shape index (κ3) is 7.38. The van der Waals surface area contributed by atoms with Crippen molar-refractivity contribution in [2.45, 2.75) is 33.1 Å². The number of rotatable bonds is 10. The van der Waals surface area contributed by atoms with Crippen LogP contribution in [-0.4, -0.2) is 35.0 Å². The molecule has 0 fully saturated rings. The lowest BCUT2D eigenvalue weighted by molar-refractivity contribution is -0.118. The van der Waals surface area contributed by atoms with E-state index in [0.717, 1.165) is 10.9 Å². The Kier molecular flexibility index (Phi) is 10.6. The fourth-order valence-corrected chi connectivity index (χ4v) is 5.29. The molecule has 0 saturated carbocycles. The van der Waals surface area contributed by atoms with E-state index < -0.39 is 0 Å². The third-order valence-electron chi connectivity index (χ3n) is 6.13. The standard InChI is InChI=1S/C29H26Br3ClN4O4/c1-4-16(3)28-36-22-11-6-18(30)13-21(22)29(39)37(28)34-14-17-12-23(40-5-2)27(26(32)25(17)31)41-15-24(38)35-20-9-7-19(33)8-10-20/h6-14,16H,4-5,15H2,1-3H3,(H,35,38)/t16-/m1/s1. The van der Waals surface area contributed by atoms with Crippen LogP contribution < -0.4 is 20.3 Å². The number of ether oxygens (including phenoxy) is 2. The second kappa shape index (κ2) is 14.0. The number of hydrogen-bond donors (Lipinski definition) is 1. The van der Waals surface area contributed by atoms with E-state index in [-0.39, 0.29) is 24.0 Å². The van der Waals surface area contributed by atoms with Gasteiger partial charge in [0.15, 0.2) is 18.1 Å². The maximum Gasteiger partial charge on any atom is 0.282 e. The highest BCUT2D eigenvalue weighted by atomic mass is 79.9. The van der Waals surface area contributed by atoms with Crippen LogP contribution >= 0.6 is 59.4 Å². The molecular weight excluding hydrogens is 744 g/mol. The van der Waals surface area contributed by atoms with Crippen LogP contribution in [0, 0.1) is 0 Å². The average Bonchev–Trinajstić information content (AvgIpc) is 2.95. The SMILES string of the molecule is CCOc1cc(C=Nn2c([C@H](C)CC)nc3ccc(Br)cc3c2=O)c(Br)c(Br)c1OCC(=O)Nc1ccc(Cl)cc1. The Balaban J connectivity index is 1.67. The molecule has 0 aliphatic rings. The fourth-order valence-electron chi connectivity index (χ4n) is 3.86. The fraction of sp³-hybridized carbons (Fsp3) is 0.241. The van der Waals surface area contributed by atoms with Crippen LogP contribution in [0.2, 0.25) is 5.02 Å². The Hall–Kier alpha value is -2.73. The third-order valence-corrected chi connectivity index (χ3v) is 9.02. The van der Waals surface area contributed by atoms with Gasteiger partial charge in [0.2, 0.25) is 0 Å². The number of aromatic nitrogens is 2. The van der Waals surface area contributed by atoms with E-state index in [9.17, 15) is 9.59 Å². The Morgan fingerprint density at radius 3 is 2.51 bits per heavy atom. The maximum atomic E-state index is 13.5. The first-order valence-electron chi connectivity index (χ1n) is 12.7. The molecule has 4 rings (SSSR count). The summed E-state index contributed by atoms with van der Waals surface area (Å²) in [6.07, 6.45) is 2.35. The van der Waals surface area contributed by atoms with Gasteiger partial charge in [0.05, 0.1) is 28.2 Å². The van der Waals surface area contributed by atoms with Crippen LogP contribution in [0.5, 0.6) is 11.5 Å². The van der Waals surface area contributed by atoms with Gasteiger partial charge < -0.3 is 14.8 Å². The topological polar surface area (TPSA) is 94.8 Å². The Morgan fingerprint density at radius 1 is 1.10 bits per heavy atom. The summed E-state index contributed by atoms with van der Waals surface area (Å²) >= 11 is 16.5. The Bertz CT molecular complexity index is 1680. The molecule has 1 atom stereocenters. The number of benzene rings is 3. The first-order chi connectivity index (χ1) is 19.6. The van der Waals surface area contributed by atoms with E-state index in [1.165, 1.54) is 4.68 Å². The van der Waals surface area contributed by atoms with Crippen LogP contribution in [0.1, 0.15) is 44.5 Å². The first-order valence-corrected chi connectivity index (χ1v) is 15.5. The lowest BCUT2D eigenvalue weighted by Crippen LogP contribution is -2.23. The smallest absolute Gasteiger partial charge is 0.282 e. The number of carbonyl (C=O) groups is 1.